The molecule has 0 unspecified atom stereocenters. The molecule has 0 aliphatic rings. The molecule has 0 bridgehead atoms. The molecule has 2 aromatic heterocycles. The molecule has 8 heteroatoms. The summed E-state index contributed by atoms with van der Waals surface area (Å²) in [4.78, 5) is 24.7. The van der Waals surface area contributed by atoms with Gasteiger partial charge in [-0.05, 0) is 55.8 Å². The van der Waals surface area contributed by atoms with E-state index in [0.29, 0.717) is 23.9 Å². The van der Waals surface area contributed by atoms with Gasteiger partial charge in [-0.15, -0.1) is 5.10 Å². The van der Waals surface area contributed by atoms with Crippen LogP contribution >= 0.6 is 0 Å². The van der Waals surface area contributed by atoms with E-state index in [9.17, 15) is 9.59 Å². The summed E-state index contributed by atoms with van der Waals surface area (Å²) in [5.74, 6) is 0.813. The molecule has 0 aliphatic carbocycles. The summed E-state index contributed by atoms with van der Waals surface area (Å²) < 4.78 is 8.51. The minimum Gasteiger partial charge on any atom is -0.489 e. The number of ether oxygens (including phenoxy) is 1. The lowest BCUT2D eigenvalue weighted by Crippen LogP contribution is -2.30. The first-order valence-corrected chi connectivity index (χ1v) is 10.2. The summed E-state index contributed by atoms with van der Waals surface area (Å²) in [6, 6.07) is 21.8. The summed E-state index contributed by atoms with van der Waals surface area (Å²) in [5, 5.41) is 11.4. The highest BCUT2D eigenvalue weighted by Gasteiger charge is 2.10. The van der Waals surface area contributed by atoms with Gasteiger partial charge >= 0.3 is 0 Å². The number of hydrogen-bond donors (Lipinski definition) is 1. The van der Waals surface area contributed by atoms with E-state index in [1.807, 2.05) is 50.2 Å². The number of nitrogens with zero attached hydrogens (tertiary/aromatic N) is 4. The summed E-state index contributed by atoms with van der Waals surface area (Å²) >= 11 is 0. The van der Waals surface area contributed by atoms with Crippen LogP contribution in [-0.4, -0.2) is 25.5 Å². The third-order valence-electron chi connectivity index (χ3n) is 4.76. The van der Waals surface area contributed by atoms with Gasteiger partial charge in [0.05, 0.1) is 5.69 Å². The van der Waals surface area contributed by atoms with Crippen LogP contribution in [0.4, 0.5) is 5.69 Å². The maximum Gasteiger partial charge on any atom is 0.267 e. The molecule has 0 saturated carbocycles. The lowest BCUT2D eigenvalue weighted by Gasteiger charge is -2.10. The third kappa shape index (κ3) is 5.10. The number of aromatic nitrogens is 4. The number of amides is 1. The van der Waals surface area contributed by atoms with Gasteiger partial charge in [0.25, 0.3) is 5.56 Å². The Kier molecular flexibility index (Phi) is 6.12. The van der Waals surface area contributed by atoms with Crippen molar-refractivity contribution in [1.82, 2.24) is 19.6 Å². The van der Waals surface area contributed by atoms with Crippen molar-refractivity contribution in [3.05, 3.63) is 100 Å². The van der Waals surface area contributed by atoms with Crippen LogP contribution in [0.2, 0.25) is 0 Å². The second-order valence-corrected chi connectivity index (χ2v) is 7.37. The fourth-order valence-corrected chi connectivity index (χ4v) is 3.24. The normalized spacial score (nSPS) is 10.7. The van der Waals surface area contributed by atoms with Gasteiger partial charge in [-0.2, -0.15) is 5.10 Å². The predicted octanol–water partition coefficient (Wildman–Crippen LogP) is 3.26. The minimum atomic E-state index is -0.366. The van der Waals surface area contributed by atoms with Crippen molar-refractivity contribution in [1.29, 1.82) is 0 Å². The Morgan fingerprint density at radius 3 is 2.41 bits per heavy atom. The van der Waals surface area contributed by atoms with E-state index in [2.05, 4.69) is 15.5 Å². The number of aryl methyl sites for hydroxylation is 2. The van der Waals surface area contributed by atoms with E-state index in [1.165, 1.54) is 6.07 Å². The number of carbonyl (C=O) groups excluding carboxylic acids is 1. The topological polar surface area (TPSA) is 91.0 Å². The second-order valence-electron chi connectivity index (χ2n) is 7.37. The highest BCUT2D eigenvalue weighted by molar-refractivity contribution is 5.90. The molecule has 8 nitrogen and oxygen atoms in total. The molecule has 162 valence electrons. The van der Waals surface area contributed by atoms with Crippen molar-refractivity contribution in [2.45, 2.75) is 27.0 Å². The molecule has 0 fully saturated rings. The van der Waals surface area contributed by atoms with Gasteiger partial charge in [-0.25, -0.2) is 9.36 Å². The molecule has 0 atom stereocenters. The molecule has 1 amide bonds. The Morgan fingerprint density at radius 1 is 0.969 bits per heavy atom. The van der Waals surface area contributed by atoms with Crippen LogP contribution in [0, 0.1) is 13.8 Å². The molecular formula is C24H23N5O3. The van der Waals surface area contributed by atoms with Crippen LogP contribution < -0.4 is 15.6 Å². The molecule has 2 aromatic carbocycles. The molecule has 0 saturated heterocycles. The maximum absolute atomic E-state index is 12.5. The highest BCUT2D eigenvalue weighted by atomic mass is 16.5. The zero-order chi connectivity index (χ0) is 22.5. The first-order chi connectivity index (χ1) is 15.5. The quantitative estimate of drug-likeness (QED) is 0.487. The SMILES string of the molecule is Cc1cc(C)n(-c2ccc(=O)n(CC(=O)Nc3ccc(OCc4ccccc4)cc3)n2)n1. The van der Waals surface area contributed by atoms with Crippen molar-refractivity contribution in [2.75, 3.05) is 5.32 Å². The summed E-state index contributed by atoms with van der Waals surface area (Å²) in [6.07, 6.45) is 0. The summed E-state index contributed by atoms with van der Waals surface area (Å²) in [5.41, 5.74) is 3.04. The number of nitrogens with one attached hydrogen (secondary N) is 1. The lowest BCUT2D eigenvalue weighted by atomic mass is 10.2. The van der Waals surface area contributed by atoms with E-state index >= 15 is 0 Å². The Labute approximate surface area is 185 Å². The second kappa shape index (κ2) is 9.30. The van der Waals surface area contributed by atoms with E-state index < -0.39 is 0 Å². The van der Waals surface area contributed by atoms with E-state index in [1.54, 1.807) is 35.0 Å². The Hall–Kier alpha value is -4.20. The van der Waals surface area contributed by atoms with Crippen LogP contribution in [0.25, 0.3) is 5.82 Å². The first-order valence-electron chi connectivity index (χ1n) is 10.2. The molecule has 0 spiro atoms. The predicted molar refractivity (Wildman–Crippen MR) is 121 cm³/mol. The molecule has 4 rings (SSSR count). The van der Waals surface area contributed by atoms with Crippen LogP contribution in [0.15, 0.2) is 77.6 Å². The van der Waals surface area contributed by atoms with Gasteiger partial charge in [0, 0.05) is 17.4 Å². The van der Waals surface area contributed by atoms with Crippen molar-refractivity contribution < 1.29 is 9.53 Å². The lowest BCUT2D eigenvalue weighted by molar-refractivity contribution is -0.117. The number of rotatable bonds is 7. The van der Waals surface area contributed by atoms with Gasteiger partial charge in [0.15, 0.2) is 5.82 Å². The standard InChI is InChI=1S/C24H23N5O3/c1-17-14-18(2)29(26-17)22-12-13-24(31)28(27-22)15-23(30)25-20-8-10-21(11-9-20)32-16-19-6-4-3-5-7-19/h3-14H,15-16H2,1-2H3,(H,25,30). The smallest absolute Gasteiger partial charge is 0.267 e. The van der Waals surface area contributed by atoms with Gasteiger partial charge in [-0.3, -0.25) is 9.59 Å². The highest BCUT2D eigenvalue weighted by Crippen LogP contribution is 2.17. The van der Waals surface area contributed by atoms with Gasteiger partial charge < -0.3 is 10.1 Å². The zero-order valence-electron chi connectivity index (χ0n) is 17.9. The van der Waals surface area contributed by atoms with Crippen LogP contribution in [-0.2, 0) is 17.9 Å². The first kappa shape index (κ1) is 21.0. The largest absolute Gasteiger partial charge is 0.489 e. The van der Waals surface area contributed by atoms with E-state index in [4.69, 9.17) is 4.74 Å². The molecule has 0 radical (unpaired) electrons. The monoisotopic (exact) mass is 429 g/mol. The average molecular weight is 429 g/mol. The number of benzene rings is 2. The van der Waals surface area contributed by atoms with Crippen molar-refractivity contribution >= 4 is 11.6 Å². The Balaban J connectivity index is 1.39. The Bertz CT molecular complexity index is 1280. The van der Waals surface area contributed by atoms with Gasteiger partial charge in [-0.1, -0.05) is 30.3 Å². The molecule has 2 heterocycles. The summed E-state index contributed by atoms with van der Waals surface area (Å²) in [7, 11) is 0. The number of carbonyl (C=O) groups is 1. The van der Waals surface area contributed by atoms with Crippen molar-refractivity contribution in [3.8, 4) is 11.6 Å². The van der Waals surface area contributed by atoms with Crippen LogP contribution in [0.1, 0.15) is 17.0 Å². The minimum absolute atomic E-state index is 0.210. The number of anilines is 1. The number of hydrogen-bond acceptors (Lipinski definition) is 5. The van der Waals surface area contributed by atoms with Crippen molar-refractivity contribution in [2.24, 2.45) is 0 Å². The third-order valence-corrected chi connectivity index (χ3v) is 4.76. The molecule has 1 N–H and O–H groups in total. The van der Waals surface area contributed by atoms with Gasteiger partial charge in [0.2, 0.25) is 5.91 Å². The van der Waals surface area contributed by atoms with Gasteiger partial charge in [0.1, 0.15) is 18.9 Å². The van der Waals surface area contributed by atoms with E-state index in [0.717, 1.165) is 21.6 Å². The molecular weight excluding hydrogens is 406 g/mol. The zero-order valence-corrected chi connectivity index (χ0v) is 17.9. The summed E-state index contributed by atoms with van der Waals surface area (Å²) in [6.45, 7) is 4.03. The molecule has 4 aromatic rings. The van der Waals surface area contributed by atoms with E-state index in [-0.39, 0.29) is 18.0 Å². The average Bonchev–Trinajstić information content (AvgIpc) is 3.13. The molecule has 0 aliphatic heterocycles. The maximum atomic E-state index is 12.5. The van der Waals surface area contributed by atoms with Crippen LogP contribution in [0.5, 0.6) is 5.75 Å². The van der Waals surface area contributed by atoms with Crippen LogP contribution in [0.3, 0.4) is 0 Å². The molecule has 32 heavy (non-hydrogen) atoms. The van der Waals surface area contributed by atoms with Crippen molar-refractivity contribution in [3.63, 3.8) is 0 Å². The fourth-order valence-electron chi connectivity index (χ4n) is 3.24. The Morgan fingerprint density at radius 2 is 1.72 bits per heavy atom. The fraction of sp³-hybridized carbons (Fsp3) is 0.167.